The maximum atomic E-state index is 6.04. The predicted octanol–water partition coefficient (Wildman–Crippen LogP) is 2.21. The average Bonchev–Trinajstić information content (AvgIpc) is 2.66. The third-order valence-corrected chi connectivity index (χ3v) is 2.96. The normalized spacial score (nSPS) is 18.4. The summed E-state index contributed by atoms with van der Waals surface area (Å²) < 4.78 is 5.73. The molecule has 3 heteroatoms. The van der Waals surface area contributed by atoms with Crippen LogP contribution in [0.4, 0.5) is 5.69 Å². The lowest BCUT2D eigenvalue weighted by molar-refractivity contribution is 0.254. The zero-order chi connectivity index (χ0) is 12.3. The molecule has 3 nitrogen and oxygen atoms in total. The molecule has 2 rings (SSSR count). The fourth-order valence-corrected chi connectivity index (χ4v) is 2.10. The number of hydrogen-bond donors (Lipinski definition) is 2. The molecule has 1 aliphatic heterocycles. The summed E-state index contributed by atoms with van der Waals surface area (Å²) in [5, 5.41) is 3.11. The minimum Gasteiger partial charge on any atom is -0.490 e. The molecule has 1 atom stereocenters. The van der Waals surface area contributed by atoms with Gasteiger partial charge in [-0.2, -0.15) is 0 Å². The first-order valence-electron chi connectivity index (χ1n) is 6.11. The van der Waals surface area contributed by atoms with E-state index in [9.17, 15) is 0 Å². The first-order chi connectivity index (χ1) is 8.20. The van der Waals surface area contributed by atoms with Crippen LogP contribution in [0.1, 0.15) is 24.5 Å². The Bertz CT molecular complexity index is 426. The van der Waals surface area contributed by atoms with Gasteiger partial charge in [-0.05, 0) is 44.6 Å². The second-order valence-electron chi connectivity index (χ2n) is 4.51. The van der Waals surface area contributed by atoms with E-state index in [2.05, 4.69) is 30.5 Å². The lowest BCUT2D eigenvalue weighted by Gasteiger charge is -2.05. The number of nitrogens with one attached hydrogen (secondary N) is 1. The van der Waals surface area contributed by atoms with Gasteiger partial charge in [0.15, 0.2) is 0 Å². The van der Waals surface area contributed by atoms with Gasteiger partial charge in [0, 0.05) is 17.7 Å². The molecule has 0 spiro atoms. The van der Waals surface area contributed by atoms with Gasteiger partial charge in [0.2, 0.25) is 0 Å². The summed E-state index contributed by atoms with van der Waals surface area (Å²) in [6.45, 7) is 3.06. The zero-order valence-electron chi connectivity index (χ0n) is 10.5. The second-order valence-corrected chi connectivity index (χ2v) is 4.51. The number of rotatable bonds is 4. The molecule has 3 N–H and O–H groups in total. The number of benzene rings is 1. The van der Waals surface area contributed by atoms with Crippen molar-refractivity contribution in [1.29, 1.82) is 0 Å². The Morgan fingerprint density at radius 1 is 1.53 bits per heavy atom. The molecule has 92 valence electrons. The highest BCUT2D eigenvalue weighted by Crippen LogP contribution is 2.34. The van der Waals surface area contributed by atoms with E-state index in [1.807, 2.05) is 13.1 Å². The summed E-state index contributed by atoms with van der Waals surface area (Å²) in [7, 11) is 1.95. The van der Waals surface area contributed by atoms with Crippen LogP contribution in [-0.2, 0) is 6.42 Å². The Balaban J connectivity index is 2.13. The van der Waals surface area contributed by atoms with Gasteiger partial charge in [-0.3, -0.25) is 0 Å². The molecule has 0 saturated carbocycles. The summed E-state index contributed by atoms with van der Waals surface area (Å²) in [6.07, 6.45) is 6.43. The van der Waals surface area contributed by atoms with Crippen LogP contribution in [0.3, 0.4) is 0 Å². The molecule has 0 saturated heterocycles. The van der Waals surface area contributed by atoms with E-state index in [1.165, 1.54) is 0 Å². The fourth-order valence-electron chi connectivity index (χ4n) is 2.10. The summed E-state index contributed by atoms with van der Waals surface area (Å²) >= 11 is 0. The molecule has 17 heavy (non-hydrogen) atoms. The van der Waals surface area contributed by atoms with E-state index < -0.39 is 0 Å². The SMILES string of the molecule is CNCC/C=C/c1cc(N)c2c(c1)OC(C)C2. The van der Waals surface area contributed by atoms with Crippen LogP contribution in [0.5, 0.6) is 5.75 Å². The molecule has 1 unspecified atom stereocenters. The fraction of sp³-hybridized carbons (Fsp3) is 0.429. The van der Waals surface area contributed by atoms with Gasteiger partial charge in [0.1, 0.15) is 11.9 Å². The number of fused-ring (bicyclic) bond motifs is 1. The molecular formula is C14H20N2O. The van der Waals surface area contributed by atoms with Gasteiger partial charge in [0.05, 0.1) is 0 Å². The van der Waals surface area contributed by atoms with Crippen molar-refractivity contribution < 1.29 is 4.74 Å². The number of nitrogen functional groups attached to an aromatic ring is 1. The number of hydrogen-bond acceptors (Lipinski definition) is 3. The van der Waals surface area contributed by atoms with Gasteiger partial charge < -0.3 is 15.8 Å². The van der Waals surface area contributed by atoms with Gasteiger partial charge >= 0.3 is 0 Å². The zero-order valence-corrected chi connectivity index (χ0v) is 10.5. The molecule has 0 amide bonds. The quantitative estimate of drug-likeness (QED) is 0.618. The van der Waals surface area contributed by atoms with Gasteiger partial charge in [-0.15, -0.1) is 0 Å². The Labute approximate surface area is 103 Å². The molecule has 0 fully saturated rings. The Kier molecular flexibility index (Phi) is 3.69. The summed E-state index contributed by atoms with van der Waals surface area (Å²) in [5.41, 5.74) is 9.16. The van der Waals surface area contributed by atoms with Crippen molar-refractivity contribution in [3.05, 3.63) is 29.3 Å². The predicted molar refractivity (Wildman–Crippen MR) is 72.2 cm³/mol. The highest BCUT2D eigenvalue weighted by Gasteiger charge is 2.21. The first-order valence-corrected chi connectivity index (χ1v) is 6.11. The van der Waals surface area contributed by atoms with E-state index in [0.717, 1.165) is 42.0 Å². The Morgan fingerprint density at radius 3 is 3.12 bits per heavy atom. The van der Waals surface area contributed by atoms with Crippen molar-refractivity contribution in [2.45, 2.75) is 25.9 Å². The van der Waals surface area contributed by atoms with Crippen LogP contribution in [0.25, 0.3) is 6.08 Å². The van der Waals surface area contributed by atoms with Crippen LogP contribution in [0.15, 0.2) is 18.2 Å². The van der Waals surface area contributed by atoms with E-state index in [-0.39, 0.29) is 6.10 Å². The summed E-state index contributed by atoms with van der Waals surface area (Å²) in [6, 6.07) is 4.10. The number of anilines is 1. The third-order valence-electron chi connectivity index (χ3n) is 2.96. The smallest absolute Gasteiger partial charge is 0.125 e. The monoisotopic (exact) mass is 232 g/mol. The van der Waals surface area contributed by atoms with E-state index >= 15 is 0 Å². The summed E-state index contributed by atoms with van der Waals surface area (Å²) in [4.78, 5) is 0. The van der Waals surface area contributed by atoms with Crippen molar-refractivity contribution in [2.75, 3.05) is 19.3 Å². The summed E-state index contributed by atoms with van der Waals surface area (Å²) in [5.74, 6) is 0.950. The molecule has 0 aliphatic carbocycles. The lowest BCUT2D eigenvalue weighted by atomic mass is 10.0. The molecule has 0 bridgehead atoms. The largest absolute Gasteiger partial charge is 0.490 e. The molecule has 1 aromatic rings. The van der Waals surface area contributed by atoms with Gasteiger partial charge in [-0.25, -0.2) is 0 Å². The molecule has 1 heterocycles. The molecule has 1 aromatic carbocycles. The second kappa shape index (κ2) is 5.23. The van der Waals surface area contributed by atoms with Crippen LogP contribution in [-0.4, -0.2) is 19.7 Å². The van der Waals surface area contributed by atoms with Crippen molar-refractivity contribution >= 4 is 11.8 Å². The number of ether oxygens (including phenoxy) is 1. The van der Waals surface area contributed by atoms with Crippen molar-refractivity contribution in [1.82, 2.24) is 5.32 Å². The van der Waals surface area contributed by atoms with Gasteiger partial charge in [-0.1, -0.05) is 12.2 Å². The maximum Gasteiger partial charge on any atom is 0.125 e. The van der Waals surface area contributed by atoms with Crippen LogP contribution in [0.2, 0.25) is 0 Å². The highest BCUT2D eigenvalue weighted by atomic mass is 16.5. The van der Waals surface area contributed by atoms with Crippen molar-refractivity contribution in [3.8, 4) is 5.75 Å². The standard InChI is InChI=1S/C14H20N2O/c1-10-7-12-13(15)8-11(9-14(12)17-10)5-3-4-6-16-2/h3,5,8-10,16H,4,6-7,15H2,1-2H3/b5-3+. The van der Waals surface area contributed by atoms with Crippen LogP contribution < -0.4 is 15.8 Å². The Morgan fingerprint density at radius 2 is 2.35 bits per heavy atom. The molecule has 0 radical (unpaired) electrons. The van der Waals surface area contributed by atoms with Crippen LogP contribution >= 0.6 is 0 Å². The molecular weight excluding hydrogens is 212 g/mol. The van der Waals surface area contributed by atoms with Gasteiger partial charge in [0.25, 0.3) is 0 Å². The highest BCUT2D eigenvalue weighted by molar-refractivity contribution is 5.65. The van der Waals surface area contributed by atoms with E-state index in [4.69, 9.17) is 10.5 Å². The number of nitrogens with two attached hydrogens (primary N) is 1. The average molecular weight is 232 g/mol. The van der Waals surface area contributed by atoms with Crippen LogP contribution in [0, 0.1) is 0 Å². The maximum absolute atomic E-state index is 6.04. The van der Waals surface area contributed by atoms with Crippen molar-refractivity contribution in [3.63, 3.8) is 0 Å². The minimum absolute atomic E-state index is 0.246. The van der Waals surface area contributed by atoms with E-state index in [0.29, 0.717) is 0 Å². The van der Waals surface area contributed by atoms with E-state index in [1.54, 1.807) is 0 Å². The van der Waals surface area contributed by atoms with Crippen molar-refractivity contribution in [2.24, 2.45) is 0 Å². The topological polar surface area (TPSA) is 47.3 Å². The minimum atomic E-state index is 0.246. The Hall–Kier alpha value is -1.48. The first kappa shape index (κ1) is 12.0. The lowest BCUT2D eigenvalue weighted by Crippen LogP contribution is -2.05. The molecule has 1 aliphatic rings. The molecule has 0 aromatic heterocycles. The third kappa shape index (κ3) is 2.80.